The zero-order valence-corrected chi connectivity index (χ0v) is 23.6. The molecule has 0 saturated carbocycles. The van der Waals surface area contributed by atoms with E-state index in [1.54, 1.807) is 30.3 Å². The monoisotopic (exact) mass is 553 g/mol. The number of benzene rings is 3. The summed E-state index contributed by atoms with van der Waals surface area (Å²) in [7, 11) is -3.83. The zero-order chi connectivity index (χ0) is 28.6. The standard InChI is InChI=1S/C30H36FN3O4S/c1-5-23(3)32-30(36)28(19-24-11-7-6-8-12-24)33(20-25-14-16-26(31)17-15-25)29(35)21-34(39(4,37)38)27-13-9-10-22(2)18-27/h6-18,23,28H,5,19-21H2,1-4H3,(H,32,36)/t23-,28+/m1/s1. The maximum absolute atomic E-state index is 14.0. The molecule has 0 radical (unpaired) electrons. The minimum absolute atomic E-state index is 0.00401. The van der Waals surface area contributed by atoms with E-state index in [2.05, 4.69) is 5.32 Å². The van der Waals surface area contributed by atoms with Gasteiger partial charge < -0.3 is 10.2 Å². The van der Waals surface area contributed by atoms with Crippen LogP contribution in [0.2, 0.25) is 0 Å². The second-order valence-electron chi connectivity index (χ2n) is 9.78. The van der Waals surface area contributed by atoms with Crippen molar-refractivity contribution < 1.29 is 22.4 Å². The molecule has 0 aromatic heterocycles. The molecule has 0 saturated heterocycles. The van der Waals surface area contributed by atoms with Gasteiger partial charge in [-0.25, -0.2) is 12.8 Å². The lowest BCUT2D eigenvalue weighted by atomic mass is 10.0. The third kappa shape index (κ3) is 8.64. The lowest BCUT2D eigenvalue weighted by Crippen LogP contribution is -2.54. The maximum Gasteiger partial charge on any atom is 0.244 e. The Labute approximate surface area is 230 Å². The number of nitrogens with zero attached hydrogens (tertiary/aromatic N) is 2. The lowest BCUT2D eigenvalue weighted by Gasteiger charge is -2.34. The molecular formula is C30H36FN3O4S. The Morgan fingerprint density at radius 1 is 0.949 bits per heavy atom. The van der Waals surface area contributed by atoms with Crippen molar-refractivity contribution in [3.63, 3.8) is 0 Å². The Kier molecular flexibility index (Phi) is 10.2. The van der Waals surface area contributed by atoms with E-state index in [-0.39, 0.29) is 24.9 Å². The number of hydrogen-bond acceptors (Lipinski definition) is 4. The van der Waals surface area contributed by atoms with Crippen molar-refractivity contribution in [2.45, 2.75) is 52.2 Å². The summed E-state index contributed by atoms with van der Waals surface area (Å²) in [5.41, 5.74) is 2.65. The summed E-state index contributed by atoms with van der Waals surface area (Å²) in [5.74, 6) is -1.31. The van der Waals surface area contributed by atoms with Gasteiger partial charge in [-0.1, -0.05) is 61.5 Å². The number of aryl methyl sites for hydroxylation is 1. The molecule has 3 rings (SSSR count). The Bertz CT molecular complexity index is 1360. The number of sulfonamides is 1. The molecule has 9 heteroatoms. The van der Waals surface area contributed by atoms with Crippen LogP contribution in [0.5, 0.6) is 0 Å². The highest BCUT2D eigenvalue weighted by Gasteiger charge is 2.33. The van der Waals surface area contributed by atoms with E-state index in [0.717, 1.165) is 21.7 Å². The van der Waals surface area contributed by atoms with Gasteiger partial charge in [0, 0.05) is 19.0 Å². The highest BCUT2D eigenvalue weighted by molar-refractivity contribution is 7.92. The van der Waals surface area contributed by atoms with Gasteiger partial charge in [0.1, 0.15) is 18.4 Å². The van der Waals surface area contributed by atoms with Gasteiger partial charge in [0.25, 0.3) is 0 Å². The Morgan fingerprint density at radius 3 is 2.21 bits per heavy atom. The summed E-state index contributed by atoms with van der Waals surface area (Å²) < 4.78 is 40.3. The smallest absolute Gasteiger partial charge is 0.244 e. The van der Waals surface area contributed by atoms with Gasteiger partial charge in [-0.3, -0.25) is 13.9 Å². The molecular weight excluding hydrogens is 517 g/mol. The first-order valence-electron chi connectivity index (χ1n) is 12.9. The summed E-state index contributed by atoms with van der Waals surface area (Å²) in [6.07, 6.45) is 1.97. The largest absolute Gasteiger partial charge is 0.352 e. The van der Waals surface area contributed by atoms with E-state index in [0.29, 0.717) is 17.7 Å². The highest BCUT2D eigenvalue weighted by Crippen LogP contribution is 2.21. The minimum atomic E-state index is -3.83. The van der Waals surface area contributed by atoms with Gasteiger partial charge in [-0.05, 0) is 61.2 Å². The fraction of sp³-hybridized carbons (Fsp3) is 0.333. The first kappa shape index (κ1) is 29.8. The van der Waals surface area contributed by atoms with Gasteiger partial charge in [-0.15, -0.1) is 0 Å². The Balaban J connectivity index is 2.05. The van der Waals surface area contributed by atoms with Crippen LogP contribution in [0.3, 0.4) is 0 Å². The van der Waals surface area contributed by atoms with Crippen LogP contribution in [-0.2, 0) is 32.6 Å². The molecule has 3 aromatic carbocycles. The van der Waals surface area contributed by atoms with Crippen molar-refractivity contribution in [2.24, 2.45) is 0 Å². The number of rotatable bonds is 12. The van der Waals surface area contributed by atoms with Gasteiger partial charge in [-0.2, -0.15) is 0 Å². The molecule has 0 unspecified atom stereocenters. The summed E-state index contributed by atoms with van der Waals surface area (Å²) in [5, 5.41) is 2.98. The fourth-order valence-electron chi connectivity index (χ4n) is 4.18. The van der Waals surface area contributed by atoms with E-state index in [1.807, 2.05) is 57.2 Å². The van der Waals surface area contributed by atoms with E-state index in [9.17, 15) is 22.4 Å². The topological polar surface area (TPSA) is 86.8 Å². The number of halogens is 1. The molecule has 0 aliphatic carbocycles. The number of carbonyl (C=O) groups excluding carboxylic acids is 2. The van der Waals surface area contributed by atoms with E-state index < -0.39 is 34.3 Å². The summed E-state index contributed by atoms with van der Waals surface area (Å²) >= 11 is 0. The number of amides is 2. The molecule has 0 fully saturated rings. The van der Waals surface area contributed by atoms with Crippen LogP contribution >= 0.6 is 0 Å². The predicted octanol–water partition coefficient (Wildman–Crippen LogP) is 4.45. The fourth-order valence-corrected chi connectivity index (χ4v) is 5.02. The third-order valence-corrected chi connectivity index (χ3v) is 7.65. The molecule has 2 atom stereocenters. The molecule has 0 aliphatic rings. The quantitative estimate of drug-likeness (QED) is 0.359. The van der Waals surface area contributed by atoms with Crippen LogP contribution in [0.4, 0.5) is 10.1 Å². The Morgan fingerprint density at radius 2 is 1.62 bits per heavy atom. The lowest BCUT2D eigenvalue weighted by molar-refractivity contribution is -0.140. The second-order valence-corrected chi connectivity index (χ2v) is 11.7. The maximum atomic E-state index is 14.0. The minimum Gasteiger partial charge on any atom is -0.352 e. The van der Waals surface area contributed by atoms with Crippen LogP contribution in [0.1, 0.15) is 37.0 Å². The van der Waals surface area contributed by atoms with Crippen LogP contribution in [0.25, 0.3) is 0 Å². The number of anilines is 1. The van der Waals surface area contributed by atoms with Crippen molar-refractivity contribution in [1.82, 2.24) is 10.2 Å². The zero-order valence-electron chi connectivity index (χ0n) is 22.8. The first-order chi connectivity index (χ1) is 18.5. The van der Waals surface area contributed by atoms with Crippen molar-refractivity contribution in [2.75, 3.05) is 17.1 Å². The Hall–Kier alpha value is -3.72. The molecule has 39 heavy (non-hydrogen) atoms. The summed E-state index contributed by atoms with van der Waals surface area (Å²) in [6, 6.07) is 20.8. The van der Waals surface area contributed by atoms with Crippen LogP contribution in [0.15, 0.2) is 78.9 Å². The summed E-state index contributed by atoms with van der Waals surface area (Å²) in [4.78, 5) is 29.0. The molecule has 0 bridgehead atoms. The van der Waals surface area contributed by atoms with Gasteiger partial charge in [0.05, 0.1) is 11.9 Å². The van der Waals surface area contributed by atoms with Crippen LogP contribution < -0.4 is 9.62 Å². The van der Waals surface area contributed by atoms with E-state index in [1.165, 1.54) is 17.0 Å². The first-order valence-corrected chi connectivity index (χ1v) is 14.7. The molecule has 0 spiro atoms. The second kappa shape index (κ2) is 13.4. The molecule has 0 heterocycles. The molecule has 1 N–H and O–H groups in total. The van der Waals surface area contributed by atoms with Crippen molar-refractivity contribution in [1.29, 1.82) is 0 Å². The van der Waals surface area contributed by atoms with Gasteiger partial charge in [0.2, 0.25) is 21.8 Å². The summed E-state index contributed by atoms with van der Waals surface area (Å²) in [6.45, 7) is 5.17. The van der Waals surface area contributed by atoms with Crippen molar-refractivity contribution >= 4 is 27.5 Å². The van der Waals surface area contributed by atoms with E-state index in [4.69, 9.17) is 0 Å². The van der Waals surface area contributed by atoms with Gasteiger partial charge >= 0.3 is 0 Å². The SMILES string of the molecule is CC[C@@H](C)NC(=O)[C@H](Cc1ccccc1)N(Cc1ccc(F)cc1)C(=O)CN(c1cccc(C)c1)S(C)(=O)=O. The van der Waals surface area contributed by atoms with Gasteiger partial charge in [0.15, 0.2) is 0 Å². The number of carbonyl (C=O) groups is 2. The van der Waals surface area contributed by atoms with Crippen molar-refractivity contribution in [3.8, 4) is 0 Å². The average Bonchev–Trinajstić information content (AvgIpc) is 2.90. The normalized spacial score (nSPS) is 12.8. The molecule has 7 nitrogen and oxygen atoms in total. The molecule has 0 aliphatic heterocycles. The van der Waals surface area contributed by atoms with E-state index >= 15 is 0 Å². The number of hydrogen-bond donors (Lipinski definition) is 1. The van der Waals surface area contributed by atoms with Crippen LogP contribution in [-0.4, -0.2) is 50.0 Å². The molecule has 208 valence electrons. The molecule has 2 amide bonds. The van der Waals surface area contributed by atoms with Crippen molar-refractivity contribution in [3.05, 3.63) is 101 Å². The number of nitrogens with one attached hydrogen (secondary N) is 1. The molecule has 3 aromatic rings. The third-order valence-electron chi connectivity index (χ3n) is 6.51. The predicted molar refractivity (Wildman–Crippen MR) is 152 cm³/mol. The highest BCUT2D eigenvalue weighted by atomic mass is 32.2. The van der Waals surface area contributed by atoms with Crippen LogP contribution in [0, 0.1) is 12.7 Å². The average molecular weight is 554 g/mol.